The fourth-order valence-corrected chi connectivity index (χ4v) is 3.44. The van der Waals surface area contributed by atoms with Crippen molar-refractivity contribution in [2.75, 3.05) is 19.5 Å². The van der Waals surface area contributed by atoms with E-state index in [9.17, 15) is 22.8 Å². The number of nitrogens with zero attached hydrogens (tertiary/aromatic N) is 1. The standard InChI is InChI=1S/C26H21F3N4O4/c1-30-24(34)22-13-19(9-10-31-22)37-18-6-3-15(4-7-18)16-11-21(32-14-16)25(35)33-20-12-17(26(27,28)29)5-8-23(20)36-2/h3-14,32H,1-2H3,(H,30,34)(H,33,35). The van der Waals surface area contributed by atoms with Crippen LogP contribution in [-0.2, 0) is 6.18 Å². The van der Waals surface area contributed by atoms with Crippen LogP contribution in [0.5, 0.6) is 17.2 Å². The number of alkyl halides is 3. The van der Waals surface area contributed by atoms with Gasteiger partial charge in [-0.1, -0.05) is 12.1 Å². The van der Waals surface area contributed by atoms with Gasteiger partial charge in [-0.25, -0.2) is 0 Å². The summed E-state index contributed by atoms with van der Waals surface area (Å²) >= 11 is 0. The van der Waals surface area contributed by atoms with Crippen molar-refractivity contribution in [1.29, 1.82) is 0 Å². The molecule has 4 aromatic rings. The molecule has 0 unspecified atom stereocenters. The minimum Gasteiger partial charge on any atom is -0.495 e. The predicted octanol–water partition coefficient (Wildman–Crippen LogP) is 5.51. The molecule has 0 aliphatic rings. The highest BCUT2D eigenvalue weighted by atomic mass is 19.4. The van der Waals surface area contributed by atoms with Crippen molar-refractivity contribution in [3.05, 3.63) is 90.0 Å². The van der Waals surface area contributed by atoms with Crippen LogP contribution in [0.25, 0.3) is 11.1 Å². The number of halogens is 3. The number of nitrogens with one attached hydrogen (secondary N) is 3. The van der Waals surface area contributed by atoms with Gasteiger partial charge in [-0.3, -0.25) is 14.6 Å². The summed E-state index contributed by atoms with van der Waals surface area (Å²) in [4.78, 5) is 31.3. The molecule has 0 spiro atoms. The maximum atomic E-state index is 13.1. The van der Waals surface area contributed by atoms with Gasteiger partial charge in [0.25, 0.3) is 11.8 Å². The van der Waals surface area contributed by atoms with E-state index in [4.69, 9.17) is 9.47 Å². The summed E-state index contributed by atoms with van der Waals surface area (Å²) in [5.74, 6) is 0.0864. The Morgan fingerprint density at radius 2 is 1.68 bits per heavy atom. The number of benzene rings is 2. The summed E-state index contributed by atoms with van der Waals surface area (Å²) in [7, 11) is 2.81. The number of carbonyl (C=O) groups is 2. The number of methoxy groups -OCH3 is 1. The zero-order valence-electron chi connectivity index (χ0n) is 19.6. The van der Waals surface area contributed by atoms with E-state index in [1.807, 2.05) is 0 Å². The minimum atomic E-state index is -4.56. The molecule has 0 saturated carbocycles. The lowest BCUT2D eigenvalue weighted by molar-refractivity contribution is -0.137. The third-order valence-electron chi connectivity index (χ3n) is 5.32. The highest BCUT2D eigenvalue weighted by Gasteiger charge is 2.31. The van der Waals surface area contributed by atoms with E-state index in [0.717, 1.165) is 23.8 Å². The maximum absolute atomic E-state index is 13.1. The quantitative estimate of drug-likeness (QED) is 0.304. The Kier molecular flexibility index (Phi) is 7.14. The van der Waals surface area contributed by atoms with Crippen LogP contribution < -0.4 is 20.1 Å². The van der Waals surface area contributed by atoms with Crippen LogP contribution in [0.2, 0.25) is 0 Å². The maximum Gasteiger partial charge on any atom is 0.416 e. The van der Waals surface area contributed by atoms with Gasteiger partial charge in [0.05, 0.1) is 18.4 Å². The number of rotatable bonds is 7. The molecular formula is C26H21F3N4O4. The van der Waals surface area contributed by atoms with E-state index in [1.54, 1.807) is 42.6 Å². The second kappa shape index (κ2) is 10.4. The van der Waals surface area contributed by atoms with Gasteiger partial charge in [-0.15, -0.1) is 0 Å². The van der Waals surface area contributed by atoms with Crippen molar-refractivity contribution in [3.8, 4) is 28.4 Å². The molecule has 190 valence electrons. The first-order valence-electron chi connectivity index (χ1n) is 10.9. The lowest BCUT2D eigenvalue weighted by atomic mass is 10.1. The summed E-state index contributed by atoms with van der Waals surface area (Å²) in [5, 5.41) is 4.95. The molecule has 2 amide bonds. The fraction of sp³-hybridized carbons (Fsp3) is 0.115. The number of ether oxygens (including phenoxy) is 2. The SMILES string of the molecule is CNC(=O)c1cc(Oc2ccc(-c3c[nH]c(C(=O)Nc4cc(C(F)(F)F)ccc4OC)c3)cc2)ccn1. The largest absolute Gasteiger partial charge is 0.495 e. The van der Waals surface area contributed by atoms with Gasteiger partial charge >= 0.3 is 6.18 Å². The summed E-state index contributed by atoms with van der Waals surface area (Å²) in [5.41, 5.74) is 0.801. The Morgan fingerprint density at radius 3 is 2.35 bits per heavy atom. The molecule has 3 N–H and O–H groups in total. The van der Waals surface area contributed by atoms with Gasteiger partial charge < -0.3 is 25.1 Å². The monoisotopic (exact) mass is 510 g/mol. The van der Waals surface area contributed by atoms with Gasteiger partial charge in [0.15, 0.2) is 0 Å². The van der Waals surface area contributed by atoms with E-state index in [-0.39, 0.29) is 28.7 Å². The van der Waals surface area contributed by atoms with Crippen molar-refractivity contribution in [2.24, 2.45) is 0 Å². The van der Waals surface area contributed by atoms with Crippen LogP contribution in [0.3, 0.4) is 0 Å². The number of aromatic nitrogens is 2. The summed E-state index contributed by atoms with van der Waals surface area (Å²) in [6, 6.07) is 14.5. The minimum absolute atomic E-state index is 0.0976. The van der Waals surface area contributed by atoms with E-state index < -0.39 is 17.6 Å². The number of anilines is 1. The van der Waals surface area contributed by atoms with Gasteiger partial charge in [-0.05, 0) is 53.6 Å². The van der Waals surface area contributed by atoms with Crippen molar-refractivity contribution >= 4 is 17.5 Å². The summed E-state index contributed by atoms with van der Waals surface area (Å²) < 4.78 is 50.1. The van der Waals surface area contributed by atoms with Crippen LogP contribution in [0.4, 0.5) is 18.9 Å². The first kappa shape index (κ1) is 25.3. The molecule has 0 aliphatic carbocycles. The van der Waals surface area contributed by atoms with Crippen LogP contribution >= 0.6 is 0 Å². The number of hydrogen-bond donors (Lipinski definition) is 3. The van der Waals surface area contributed by atoms with Gasteiger partial charge in [0.2, 0.25) is 0 Å². The van der Waals surface area contributed by atoms with Crippen molar-refractivity contribution in [1.82, 2.24) is 15.3 Å². The molecule has 0 aliphatic heterocycles. The van der Waals surface area contributed by atoms with Gasteiger partial charge in [0, 0.05) is 25.5 Å². The van der Waals surface area contributed by atoms with Crippen LogP contribution in [-0.4, -0.2) is 35.9 Å². The Labute approximate surface area is 209 Å². The van der Waals surface area contributed by atoms with E-state index in [1.165, 1.54) is 26.4 Å². The second-order valence-electron chi connectivity index (χ2n) is 7.75. The molecule has 0 fully saturated rings. The van der Waals surface area contributed by atoms with E-state index >= 15 is 0 Å². The van der Waals surface area contributed by atoms with E-state index in [2.05, 4.69) is 20.6 Å². The molecule has 0 atom stereocenters. The highest BCUT2D eigenvalue weighted by molar-refractivity contribution is 6.04. The summed E-state index contributed by atoms with van der Waals surface area (Å²) in [6.45, 7) is 0. The topological polar surface area (TPSA) is 105 Å². The van der Waals surface area contributed by atoms with E-state index in [0.29, 0.717) is 17.1 Å². The molecule has 2 heterocycles. The number of carbonyl (C=O) groups excluding carboxylic acids is 2. The number of amides is 2. The Balaban J connectivity index is 1.47. The fourth-order valence-electron chi connectivity index (χ4n) is 3.44. The molecule has 37 heavy (non-hydrogen) atoms. The molecule has 8 nitrogen and oxygen atoms in total. The smallest absolute Gasteiger partial charge is 0.416 e. The molecule has 11 heteroatoms. The lowest BCUT2D eigenvalue weighted by Gasteiger charge is -2.13. The Hall–Kier alpha value is -4.80. The van der Waals surface area contributed by atoms with Gasteiger partial charge in [0.1, 0.15) is 28.6 Å². The predicted molar refractivity (Wildman–Crippen MR) is 130 cm³/mol. The second-order valence-corrected chi connectivity index (χ2v) is 7.75. The average Bonchev–Trinajstić information content (AvgIpc) is 3.39. The number of hydrogen-bond acceptors (Lipinski definition) is 5. The number of aromatic amines is 1. The van der Waals surface area contributed by atoms with Crippen molar-refractivity contribution in [3.63, 3.8) is 0 Å². The number of pyridine rings is 1. The molecule has 0 bridgehead atoms. The van der Waals surface area contributed by atoms with Gasteiger partial charge in [-0.2, -0.15) is 13.2 Å². The molecule has 2 aromatic carbocycles. The van der Waals surface area contributed by atoms with Crippen LogP contribution in [0, 0.1) is 0 Å². The third kappa shape index (κ3) is 5.89. The number of H-pyrrole nitrogens is 1. The Morgan fingerprint density at radius 1 is 0.919 bits per heavy atom. The molecule has 2 aromatic heterocycles. The molecule has 0 saturated heterocycles. The normalized spacial score (nSPS) is 11.1. The van der Waals surface area contributed by atoms with Crippen LogP contribution in [0.1, 0.15) is 26.5 Å². The third-order valence-corrected chi connectivity index (χ3v) is 5.32. The molecule has 0 radical (unpaired) electrons. The van der Waals surface area contributed by atoms with Crippen LogP contribution in [0.15, 0.2) is 73.1 Å². The van der Waals surface area contributed by atoms with Crippen molar-refractivity contribution in [2.45, 2.75) is 6.18 Å². The first-order valence-corrected chi connectivity index (χ1v) is 10.9. The Bertz CT molecular complexity index is 1430. The zero-order chi connectivity index (χ0) is 26.6. The zero-order valence-corrected chi connectivity index (χ0v) is 19.6. The summed E-state index contributed by atoms with van der Waals surface area (Å²) in [6.07, 6.45) is -1.49. The average molecular weight is 510 g/mol. The molecule has 4 rings (SSSR count). The van der Waals surface area contributed by atoms with Crippen molar-refractivity contribution < 1.29 is 32.2 Å². The first-order chi connectivity index (χ1) is 17.7. The highest BCUT2D eigenvalue weighted by Crippen LogP contribution is 2.35. The molecular weight excluding hydrogens is 489 g/mol. The lowest BCUT2D eigenvalue weighted by Crippen LogP contribution is -2.18.